The molecule has 0 spiro atoms. The highest BCUT2D eigenvalue weighted by Crippen LogP contribution is 2.36. The molecule has 1 rings (SSSR count). The average Bonchev–Trinajstić information content (AvgIpc) is 2.32. The highest BCUT2D eigenvalue weighted by Gasteiger charge is 2.20. The van der Waals surface area contributed by atoms with E-state index in [1.54, 1.807) is 7.11 Å². The third-order valence-electron chi connectivity index (χ3n) is 2.66. The molecule has 1 aromatic rings. The van der Waals surface area contributed by atoms with Crippen LogP contribution in [0, 0.1) is 5.92 Å². The molecule has 0 unspecified atom stereocenters. The van der Waals surface area contributed by atoms with Gasteiger partial charge in [-0.15, -0.1) is 6.58 Å². The first kappa shape index (κ1) is 13.3. The Morgan fingerprint density at radius 2 is 2.06 bits per heavy atom. The maximum atomic E-state index is 5.30. The lowest BCUT2D eigenvalue weighted by Gasteiger charge is -2.24. The monoisotopic (exact) mass is 236 g/mol. The predicted molar refractivity (Wildman–Crippen MR) is 72.9 cm³/mol. The van der Waals surface area contributed by atoms with Crippen LogP contribution >= 0.6 is 11.8 Å². The summed E-state index contributed by atoms with van der Waals surface area (Å²) in [5.74, 6) is 0.500. The van der Waals surface area contributed by atoms with Crippen molar-refractivity contribution in [1.82, 2.24) is 0 Å². The van der Waals surface area contributed by atoms with Crippen molar-refractivity contribution in [2.75, 3.05) is 20.0 Å². The summed E-state index contributed by atoms with van der Waals surface area (Å²) in [6.07, 6.45) is 5.13. The zero-order valence-corrected chi connectivity index (χ0v) is 10.9. The van der Waals surface area contributed by atoms with Gasteiger partial charge in [0.15, 0.2) is 0 Å². The molecular formula is C14H20OS. The molecule has 0 aliphatic heterocycles. The Bertz CT molecular complexity index is 297. The molecule has 2 heteroatoms. The van der Waals surface area contributed by atoms with Gasteiger partial charge in [-0.25, -0.2) is 0 Å². The largest absolute Gasteiger partial charge is 0.384 e. The van der Waals surface area contributed by atoms with Crippen molar-refractivity contribution in [3.63, 3.8) is 0 Å². The van der Waals surface area contributed by atoms with E-state index in [-0.39, 0.29) is 0 Å². The van der Waals surface area contributed by atoms with E-state index in [0.29, 0.717) is 11.2 Å². The number of benzene rings is 1. The van der Waals surface area contributed by atoms with E-state index in [2.05, 4.69) is 43.2 Å². The maximum absolute atomic E-state index is 5.30. The second-order valence-corrected chi connectivity index (χ2v) is 4.79. The lowest BCUT2D eigenvalue weighted by Crippen LogP contribution is -2.15. The van der Waals surface area contributed by atoms with Gasteiger partial charge in [0.1, 0.15) is 0 Å². The number of hydrogen-bond acceptors (Lipinski definition) is 2. The molecule has 88 valence electrons. The normalized spacial score (nSPS) is 14.4. The molecule has 0 amide bonds. The molecule has 0 radical (unpaired) electrons. The zero-order chi connectivity index (χ0) is 11.8. The van der Waals surface area contributed by atoms with Gasteiger partial charge in [0.2, 0.25) is 0 Å². The summed E-state index contributed by atoms with van der Waals surface area (Å²) in [4.78, 5) is 0. The van der Waals surface area contributed by atoms with E-state index < -0.39 is 0 Å². The molecule has 2 atom stereocenters. The first-order valence-corrected chi connectivity index (χ1v) is 6.79. The van der Waals surface area contributed by atoms with Crippen LogP contribution in [0.3, 0.4) is 0 Å². The molecule has 0 aromatic heterocycles. The standard InChI is InChI=1S/C14H20OS/c1-4-8-13(11-15-2)14(16-3)12-9-6-5-7-10-12/h4-7,9-10,13-14H,1,8,11H2,2-3H3/t13-,14-/m1/s1. The first-order chi connectivity index (χ1) is 7.83. The molecule has 0 N–H and O–H groups in total. The molecule has 1 aromatic carbocycles. The lowest BCUT2D eigenvalue weighted by atomic mass is 9.96. The fraction of sp³-hybridized carbons (Fsp3) is 0.429. The Labute approximate surface area is 103 Å². The molecule has 0 saturated heterocycles. The van der Waals surface area contributed by atoms with Gasteiger partial charge in [-0.05, 0) is 18.2 Å². The number of rotatable bonds is 7. The van der Waals surface area contributed by atoms with E-state index >= 15 is 0 Å². The SMILES string of the molecule is C=CC[C@H](COC)[C@H](SC)c1ccccc1. The van der Waals surface area contributed by atoms with Gasteiger partial charge in [0.05, 0.1) is 6.61 Å². The van der Waals surface area contributed by atoms with Crippen molar-refractivity contribution in [3.05, 3.63) is 48.6 Å². The minimum absolute atomic E-state index is 0.485. The molecular weight excluding hydrogens is 216 g/mol. The molecule has 0 heterocycles. The maximum Gasteiger partial charge on any atom is 0.0507 e. The van der Waals surface area contributed by atoms with Crippen molar-refractivity contribution >= 4 is 11.8 Å². The molecule has 0 saturated carbocycles. The molecule has 0 bridgehead atoms. The minimum atomic E-state index is 0.485. The number of hydrogen-bond donors (Lipinski definition) is 0. The summed E-state index contributed by atoms with van der Waals surface area (Å²) >= 11 is 1.88. The summed E-state index contributed by atoms with van der Waals surface area (Å²) < 4.78 is 5.30. The summed E-state index contributed by atoms with van der Waals surface area (Å²) in [7, 11) is 1.76. The Hall–Kier alpha value is -0.730. The van der Waals surface area contributed by atoms with Crippen LogP contribution in [-0.4, -0.2) is 20.0 Å². The van der Waals surface area contributed by atoms with Gasteiger partial charge in [0, 0.05) is 18.3 Å². The fourth-order valence-corrected chi connectivity index (χ4v) is 2.95. The van der Waals surface area contributed by atoms with Crippen LogP contribution in [0.2, 0.25) is 0 Å². The molecule has 16 heavy (non-hydrogen) atoms. The highest BCUT2D eigenvalue weighted by atomic mass is 32.2. The van der Waals surface area contributed by atoms with E-state index in [9.17, 15) is 0 Å². The van der Waals surface area contributed by atoms with Crippen LogP contribution in [0.25, 0.3) is 0 Å². The van der Waals surface area contributed by atoms with Crippen molar-refractivity contribution < 1.29 is 4.74 Å². The second kappa shape index (κ2) is 7.53. The highest BCUT2D eigenvalue weighted by molar-refractivity contribution is 7.98. The third-order valence-corrected chi connectivity index (χ3v) is 3.83. The average molecular weight is 236 g/mol. The van der Waals surface area contributed by atoms with Gasteiger partial charge in [0.25, 0.3) is 0 Å². The Morgan fingerprint density at radius 1 is 1.38 bits per heavy atom. The topological polar surface area (TPSA) is 9.23 Å². The molecule has 0 aliphatic carbocycles. The van der Waals surface area contributed by atoms with Crippen LogP contribution < -0.4 is 0 Å². The Morgan fingerprint density at radius 3 is 2.56 bits per heavy atom. The smallest absolute Gasteiger partial charge is 0.0507 e. The van der Waals surface area contributed by atoms with Gasteiger partial charge >= 0.3 is 0 Å². The lowest BCUT2D eigenvalue weighted by molar-refractivity contribution is 0.152. The van der Waals surface area contributed by atoms with Crippen LogP contribution in [0.4, 0.5) is 0 Å². The fourth-order valence-electron chi connectivity index (χ4n) is 1.95. The summed E-state index contributed by atoms with van der Waals surface area (Å²) in [5, 5.41) is 0.485. The summed E-state index contributed by atoms with van der Waals surface area (Å²) in [5.41, 5.74) is 1.37. The third kappa shape index (κ3) is 3.69. The van der Waals surface area contributed by atoms with Crippen LogP contribution in [0.1, 0.15) is 17.2 Å². The van der Waals surface area contributed by atoms with E-state index in [0.717, 1.165) is 13.0 Å². The predicted octanol–water partition coefficient (Wildman–Crippen LogP) is 3.93. The van der Waals surface area contributed by atoms with Gasteiger partial charge in [-0.2, -0.15) is 11.8 Å². The van der Waals surface area contributed by atoms with Gasteiger partial charge in [-0.1, -0.05) is 36.4 Å². The van der Waals surface area contributed by atoms with E-state index in [1.807, 2.05) is 17.8 Å². The van der Waals surface area contributed by atoms with E-state index in [4.69, 9.17) is 4.74 Å². The Kier molecular flexibility index (Phi) is 6.27. The minimum Gasteiger partial charge on any atom is -0.384 e. The van der Waals surface area contributed by atoms with Crippen molar-refractivity contribution in [2.24, 2.45) is 5.92 Å². The zero-order valence-electron chi connectivity index (χ0n) is 10.1. The number of methoxy groups -OCH3 is 1. The van der Waals surface area contributed by atoms with Gasteiger partial charge < -0.3 is 4.74 Å². The van der Waals surface area contributed by atoms with Crippen LogP contribution in [0.15, 0.2) is 43.0 Å². The van der Waals surface area contributed by atoms with Crippen molar-refractivity contribution in [2.45, 2.75) is 11.7 Å². The first-order valence-electron chi connectivity index (χ1n) is 5.51. The Balaban J connectivity index is 2.81. The quantitative estimate of drug-likeness (QED) is 0.663. The van der Waals surface area contributed by atoms with Crippen LogP contribution in [0.5, 0.6) is 0 Å². The summed E-state index contributed by atoms with van der Waals surface area (Å²) in [6, 6.07) is 10.6. The molecule has 0 aliphatic rings. The van der Waals surface area contributed by atoms with Crippen LogP contribution in [-0.2, 0) is 4.74 Å². The second-order valence-electron chi connectivity index (χ2n) is 3.81. The van der Waals surface area contributed by atoms with E-state index in [1.165, 1.54) is 5.56 Å². The molecule has 0 fully saturated rings. The molecule has 1 nitrogen and oxygen atoms in total. The number of thioether (sulfide) groups is 1. The number of allylic oxidation sites excluding steroid dienone is 1. The van der Waals surface area contributed by atoms with Gasteiger partial charge in [-0.3, -0.25) is 0 Å². The van der Waals surface area contributed by atoms with Crippen molar-refractivity contribution in [3.8, 4) is 0 Å². The number of ether oxygens (including phenoxy) is 1. The summed E-state index contributed by atoms with van der Waals surface area (Å²) in [6.45, 7) is 4.61. The van der Waals surface area contributed by atoms with Crippen molar-refractivity contribution in [1.29, 1.82) is 0 Å².